The number of hydrogen-bond acceptors (Lipinski definition) is 6. The highest BCUT2D eigenvalue weighted by Crippen LogP contribution is 2.29. The number of benzene rings is 3. The summed E-state index contributed by atoms with van der Waals surface area (Å²) in [5.41, 5.74) is 3.27. The van der Waals surface area contributed by atoms with Crippen molar-refractivity contribution in [3.63, 3.8) is 0 Å². The summed E-state index contributed by atoms with van der Waals surface area (Å²) >= 11 is 0. The fourth-order valence-corrected chi connectivity index (χ4v) is 4.59. The van der Waals surface area contributed by atoms with Crippen molar-refractivity contribution in [1.82, 2.24) is 15.2 Å². The molecule has 0 saturated heterocycles. The molecule has 4 aromatic rings. The topological polar surface area (TPSA) is 100 Å². The van der Waals surface area contributed by atoms with E-state index in [1.165, 1.54) is 14.2 Å². The van der Waals surface area contributed by atoms with Gasteiger partial charge >= 0.3 is 0 Å². The van der Waals surface area contributed by atoms with Crippen LogP contribution in [0.15, 0.2) is 72.6 Å². The number of nitrogens with zero attached hydrogens (tertiary/aromatic N) is 1. The summed E-state index contributed by atoms with van der Waals surface area (Å²) in [5, 5.41) is 6.73. The zero-order valence-electron chi connectivity index (χ0n) is 23.9. The predicted octanol–water partition coefficient (Wildman–Crippen LogP) is 4.83. The molecule has 1 heterocycles. The van der Waals surface area contributed by atoms with Gasteiger partial charge in [0.15, 0.2) is 23.0 Å². The summed E-state index contributed by atoms with van der Waals surface area (Å²) in [6.45, 7) is 3.16. The van der Waals surface area contributed by atoms with Crippen molar-refractivity contribution in [1.29, 1.82) is 0 Å². The van der Waals surface area contributed by atoms with E-state index < -0.39 is 11.8 Å². The first-order chi connectivity index (χ1) is 19.9. The number of hydrogen-bond donors (Lipinski definition) is 2. The first-order valence-electron chi connectivity index (χ1n) is 13.2. The molecule has 0 aliphatic heterocycles. The molecule has 0 aliphatic rings. The number of aromatic nitrogens is 1. The second kappa shape index (κ2) is 13.4. The van der Waals surface area contributed by atoms with Crippen molar-refractivity contribution in [2.45, 2.75) is 19.9 Å². The van der Waals surface area contributed by atoms with Gasteiger partial charge in [0.2, 0.25) is 0 Å². The molecule has 0 unspecified atom stereocenters. The lowest BCUT2D eigenvalue weighted by molar-refractivity contribution is -0.117. The molecule has 3 aromatic carbocycles. The summed E-state index contributed by atoms with van der Waals surface area (Å²) in [6.07, 6.45) is 4.24. The smallest absolute Gasteiger partial charge is 0.267 e. The lowest BCUT2D eigenvalue weighted by Crippen LogP contribution is -2.35. The maximum absolute atomic E-state index is 13.5. The molecule has 0 saturated carbocycles. The normalized spacial score (nSPS) is 11.2. The van der Waals surface area contributed by atoms with Gasteiger partial charge in [-0.05, 0) is 61.4 Å². The van der Waals surface area contributed by atoms with Gasteiger partial charge in [-0.15, -0.1) is 0 Å². The number of para-hydroxylation sites is 1. The third-order valence-electron chi connectivity index (χ3n) is 6.75. The molecule has 0 spiro atoms. The van der Waals surface area contributed by atoms with E-state index in [1.54, 1.807) is 38.5 Å². The van der Waals surface area contributed by atoms with Gasteiger partial charge in [0, 0.05) is 41.3 Å². The Morgan fingerprint density at radius 1 is 0.829 bits per heavy atom. The molecule has 41 heavy (non-hydrogen) atoms. The Labute approximate surface area is 239 Å². The van der Waals surface area contributed by atoms with E-state index in [1.807, 2.05) is 48.7 Å². The molecular formula is C32H35N3O6. The Morgan fingerprint density at radius 2 is 1.49 bits per heavy atom. The number of aryl methyl sites for hydroxylation is 1. The molecular weight excluding hydrogens is 522 g/mol. The molecule has 0 bridgehead atoms. The molecule has 2 N–H and O–H groups in total. The van der Waals surface area contributed by atoms with Gasteiger partial charge in [0.05, 0.1) is 28.4 Å². The van der Waals surface area contributed by atoms with Gasteiger partial charge in [-0.3, -0.25) is 9.59 Å². The van der Waals surface area contributed by atoms with E-state index in [-0.39, 0.29) is 5.70 Å². The summed E-state index contributed by atoms with van der Waals surface area (Å²) in [4.78, 5) is 26.8. The van der Waals surface area contributed by atoms with Crippen LogP contribution in [0.5, 0.6) is 23.0 Å². The minimum absolute atomic E-state index is 0.121. The van der Waals surface area contributed by atoms with Gasteiger partial charge in [-0.25, -0.2) is 0 Å². The van der Waals surface area contributed by atoms with Crippen molar-refractivity contribution >= 4 is 28.8 Å². The highest BCUT2D eigenvalue weighted by molar-refractivity contribution is 6.06. The van der Waals surface area contributed by atoms with Crippen LogP contribution in [0.25, 0.3) is 17.0 Å². The minimum Gasteiger partial charge on any atom is -0.493 e. The second-order valence-electron chi connectivity index (χ2n) is 9.16. The molecule has 0 aliphatic carbocycles. The zero-order chi connectivity index (χ0) is 29.4. The number of methoxy groups -OCH3 is 4. The molecule has 214 valence electrons. The lowest BCUT2D eigenvalue weighted by atomic mass is 10.1. The maximum atomic E-state index is 13.5. The quantitative estimate of drug-likeness (QED) is 0.242. The van der Waals surface area contributed by atoms with E-state index in [0.717, 1.165) is 28.6 Å². The number of carbonyl (C=O) groups excluding carboxylic acids is 2. The van der Waals surface area contributed by atoms with Gasteiger partial charge < -0.3 is 34.1 Å². The van der Waals surface area contributed by atoms with Crippen LogP contribution in [0.1, 0.15) is 28.4 Å². The molecule has 2 amide bonds. The van der Waals surface area contributed by atoms with Crippen molar-refractivity contribution in [3.05, 3.63) is 89.2 Å². The largest absolute Gasteiger partial charge is 0.493 e. The van der Waals surface area contributed by atoms with Crippen molar-refractivity contribution < 1.29 is 28.5 Å². The zero-order valence-corrected chi connectivity index (χ0v) is 23.9. The van der Waals surface area contributed by atoms with Crippen molar-refractivity contribution in [2.24, 2.45) is 0 Å². The first-order valence-corrected chi connectivity index (χ1v) is 13.2. The third kappa shape index (κ3) is 6.63. The van der Waals surface area contributed by atoms with Crippen LogP contribution in [0.2, 0.25) is 0 Å². The van der Waals surface area contributed by atoms with E-state index in [9.17, 15) is 9.59 Å². The summed E-state index contributed by atoms with van der Waals surface area (Å²) in [7, 11) is 6.19. The number of rotatable bonds is 12. The third-order valence-corrected chi connectivity index (χ3v) is 6.75. The SMILES string of the molecule is CCn1cc(C=C(NC(=O)c2ccc(OC)c(OC)c2)C(=O)NCCc2ccc(OC)c(OC)c2)c2ccccc21. The lowest BCUT2D eigenvalue weighted by Gasteiger charge is -2.13. The van der Waals surface area contributed by atoms with Crippen molar-refractivity contribution in [3.8, 4) is 23.0 Å². The van der Waals surface area contributed by atoms with E-state index in [2.05, 4.69) is 22.1 Å². The summed E-state index contributed by atoms with van der Waals surface area (Å²) in [5.74, 6) is 1.30. The highest BCUT2D eigenvalue weighted by atomic mass is 16.5. The number of ether oxygens (including phenoxy) is 4. The number of nitrogens with one attached hydrogen (secondary N) is 2. The first kappa shape index (κ1) is 29.1. The Bertz CT molecular complexity index is 1570. The molecule has 0 radical (unpaired) electrons. The summed E-state index contributed by atoms with van der Waals surface area (Å²) < 4.78 is 23.4. The summed E-state index contributed by atoms with van der Waals surface area (Å²) in [6, 6.07) is 18.4. The molecule has 0 fully saturated rings. The van der Waals surface area contributed by atoms with Crippen LogP contribution < -0.4 is 29.6 Å². The molecule has 0 atom stereocenters. The van der Waals surface area contributed by atoms with E-state index >= 15 is 0 Å². The van der Waals surface area contributed by atoms with Gasteiger partial charge in [0.25, 0.3) is 11.8 Å². The molecule has 9 heteroatoms. The van der Waals surface area contributed by atoms with Crippen LogP contribution >= 0.6 is 0 Å². The van der Waals surface area contributed by atoms with Gasteiger partial charge in [0.1, 0.15) is 5.70 Å². The van der Waals surface area contributed by atoms with Crippen molar-refractivity contribution in [2.75, 3.05) is 35.0 Å². The molecule has 9 nitrogen and oxygen atoms in total. The van der Waals surface area contributed by atoms with E-state index in [4.69, 9.17) is 18.9 Å². The molecule has 4 rings (SSSR count). The van der Waals surface area contributed by atoms with E-state index in [0.29, 0.717) is 41.5 Å². The molecule has 1 aromatic heterocycles. The Hall–Kier alpha value is -4.92. The van der Waals surface area contributed by atoms with Crippen LogP contribution in [-0.4, -0.2) is 51.4 Å². The van der Waals surface area contributed by atoms with Crippen LogP contribution in [0.3, 0.4) is 0 Å². The number of fused-ring (bicyclic) bond motifs is 1. The standard InChI is InChI=1S/C32H35N3O6/c1-6-35-20-23(24-9-7-8-10-26(24)35)18-25(34-31(36)22-12-14-28(39-3)30(19-22)41-5)32(37)33-16-15-21-11-13-27(38-2)29(17-21)40-4/h7-14,17-20H,6,15-16H2,1-5H3,(H,33,37)(H,34,36). The van der Waals surface area contributed by atoms with Gasteiger partial charge in [-0.1, -0.05) is 24.3 Å². The Balaban J connectivity index is 1.61. The predicted molar refractivity (Wildman–Crippen MR) is 159 cm³/mol. The Morgan fingerprint density at radius 3 is 2.17 bits per heavy atom. The number of amides is 2. The highest BCUT2D eigenvalue weighted by Gasteiger charge is 2.18. The average molecular weight is 558 g/mol. The Kier molecular flexibility index (Phi) is 9.52. The fraction of sp³-hybridized carbons (Fsp3) is 0.250. The minimum atomic E-state index is -0.452. The average Bonchev–Trinajstić information content (AvgIpc) is 3.37. The van der Waals surface area contributed by atoms with Gasteiger partial charge in [-0.2, -0.15) is 0 Å². The number of carbonyl (C=O) groups is 2. The van der Waals surface area contributed by atoms with Crippen LogP contribution in [0.4, 0.5) is 0 Å². The monoisotopic (exact) mass is 557 g/mol. The van der Waals surface area contributed by atoms with Crippen LogP contribution in [-0.2, 0) is 17.8 Å². The second-order valence-corrected chi connectivity index (χ2v) is 9.16. The fourth-order valence-electron chi connectivity index (χ4n) is 4.59. The van der Waals surface area contributed by atoms with Crippen LogP contribution in [0, 0.1) is 0 Å². The maximum Gasteiger partial charge on any atom is 0.267 e.